The molecule has 0 fully saturated rings. The van der Waals surface area contributed by atoms with Gasteiger partial charge in [-0.25, -0.2) is 0 Å². The van der Waals surface area contributed by atoms with Gasteiger partial charge in [0.1, 0.15) is 0 Å². The van der Waals surface area contributed by atoms with Crippen LogP contribution in [0.4, 0.5) is 0 Å². The molecule has 3 rings (SSSR count). The van der Waals surface area contributed by atoms with Crippen molar-refractivity contribution in [2.24, 2.45) is 0 Å². The number of fused-ring (bicyclic) bond motifs is 1. The van der Waals surface area contributed by atoms with Crippen LogP contribution in [0.1, 0.15) is 16.7 Å². The number of halogens is 1. The van der Waals surface area contributed by atoms with Crippen molar-refractivity contribution in [1.29, 1.82) is 5.26 Å². The zero-order chi connectivity index (χ0) is 14.8. The van der Waals surface area contributed by atoms with Gasteiger partial charge in [0.05, 0.1) is 16.7 Å². The summed E-state index contributed by atoms with van der Waals surface area (Å²) in [6.07, 6.45) is 1.76. The Balaban J connectivity index is 2.06. The molecule has 0 saturated carbocycles. The first-order chi connectivity index (χ1) is 10.2. The predicted octanol–water partition coefficient (Wildman–Crippen LogP) is 4.44. The van der Waals surface area contributed by atoms with Gasteiger partial charge in [-0.05, 0) is 30.2 Å². The lowest BCUT2D eigenvalue weighted by molar-refractivity contribution is 0.174. The zero-order valence-electron chi connectivity index (χ0n) is 11.4. The lowest BCUT2D eigenvalue weighted by Gasteiger charge is -2.04. The summed E-state index contributed by atoms with van der Waals surface area (Å²) in [5.74, 6) is 1.28. The van der Waals surface area contributed by atoms with Gasteiger partial charge in [-0.15, -0.1) is 0 Å². The van der Waals surface area contributed by atoms with E-state index in [9.17, 15) is 5.26 Å². The van der Waals surface area contributed by atoms with E-state index < -0.39 is 0 Å². The molecule has 104 valence electrons. The highest BCUT2D eigenvalue weighted by molar-refractivity contribution is 6.32. The third kappa shape index (κ3) is 2.72. The Morgan fingerprint density at radius 3 is 2.71 bits per heavy atom. The Morgan fingerprint density at radius 1 is 1.24 bits per heavy atom. The third-order valence-electron chi connectivity index (χ3n) is 3.24. The second-order valence-electron chi connectivity index (χ2n) is 4.77. The van der Waals surface area contributed by atoms with Gasteiger partial charge in [0.2, 0.25) is 6.79 Å². The molecule has 1 heterocycles. The molecule has 2 aromatic rings. The van der Waals surface area contributed by atoms with Crippen LogP contribution in [-0.2, 0) is 0 Å². The van der Waals surface area contributed by atoms with Crippen LogP contribution in [0.25, 0.3) is 11.6 Å². The molecular formula is C17H12ClNO2. The van der Waals surface area contributed by atoms with Crippen molar-refractivity contribution in [1.82, 2.24) is 0 Å². The Bertz CT molecular complexity index is 775. The average Bonchev–Trinajstić information content (AvgIpc) is 2.91. The number of nitrogens with zero attached hydrogens (tertiary/aromatic N) is 1. The van der Waals surface area contributed by atoms with Crippen molar-refractivity contribution >= 4 is 23.3 Å². The lowest BCUT2D eigenvalue weighted by Crippen LogP contribution is -1.92. The Hall–Kier alpha value is -2.44. The molecule has 4 heteroatoms. The van der Waals surface area contributed by atoms with Crippen molar-refractivity contribution in [3.63, 3.8) is 0 Å². The largest absolute Gasteiger partial charge is 0.454 e. The standard InChI is InChI=1S/C17H12ClNO2/c1-11-3-2-4-12(5-11)14(9-19)6-13-7-16-17(8-15(13)18)21-10-20-16/h2-8H,10H2,1H3/b14-6+. The van der Waals surface area contributed by atoms with Gasteiger partial charge in [0.15, 0.2) is 11.5 Å². The van der Waals surface area contributed by atoms with Crippen LogP contribution in [0, 0.1) is 18.3 Å². The van der Waals surface area contributed by atoms with E-state index in [1.54, 1.807) is 18.2 Å². The maximum atomic E-state index is 9.40. The molecule has 0 saturated heterocycles. The molecule has 1 aliphatic rings. The van der Waals surface area contributed by atoms with E-state index >= 15 is 0 Å². The molecule has 2 aromatic carbocycles. The normalized spacial score (nSPS) is 13.1. The van der Waals surface area contributed by atoms with Crippen LogP contribution < -0.4 is 9.47 Å². The summed E-state index contributed by atoms with van der Waals surface area (Å²) in [5.41, 5.74) is 3.26. The molecule has 0 aromatic heterocycles. The summed E-state index contributed by atoms with van der Waals surface area (Å²) in [4.78, 5) is 0. The zero-order valence-corrected chi connectivity index (χ0v) is 12.1. The van der Waals surface area contributed by atoms with Crippen molar-refractivity contribution in [2.45, 2.75) is 6.92 Å². The molecule has 0 amide bonds. The highest BCUT2D eigenvalue weighted by atomic mass is 35.5. The number of benzene rings is 2. The fraction of sp³-hybridized carbons (Fsp3) is 0.118. The molecule has 3 nitrogen and oxygen atoms in total. The average molecular weight is 298 g/mol. The Morgan fingerprint density at radius 2 is 2.00 bits per heavy atom. The van der Waals surface area contributed by atoms with E-state index in [2.05, 4.69) is 6.07 Å². The summed E-state index contributed by atoms with van der Waals surface area (Å²) in [5, 5.41) is 9.93. The topological polar surface area (TPSA) is 42.2 Å². The first-order valence-corrected chi connectivity index (χ1v) is 6.83. The number of nitriles is 1. The van der Waals surface area contributed by atoms with Crippen LogP contribution in [-0.4, -0.2) is 6.79 Å². The summed E-state index contributed by atoms with van der Waals surface area (Å²) in [6, 6.07) is 13.5. The minimum Gasteiger partial charge on any atom is -0.454 e. The summed E-state index contributed by atoms with van der Waals surface area (Å²) < 4.78 is 10.6. The Labute approximate surface area is 128 Å². The number of hydrogen-bond donors (Lipinski definition) is 0. The maximum absolute atomic E-state index is 9.40. The summed E-state index contributed by atoms with van der Waals surface area (Å²) in [7, 11) is 0. The highest BCUT2D eigenvalue weighted by Gasteiger charge is 2.16. The minimum atomic E-state index is 0.196. The van der Waals surface area contributed by atoms with Crippen LogP contribution in [0.2, 0.25) is 5.02 Å². The van der Waals surface area contributed by atoms with Crippen LogP contribution in [0.5, 0.6) is 11.5 Å². The fourth-order valence-corrected chi connectivity index (χ4v) is 2.40. The second kappa shape index (κ2) is 5.51. The quantitative estimate of drug-likeness (QED) is 0.608. The van der Waals surface area contributed by atoms with E-state index in [4.69, 9.17) is 21.1 Å². The van der Waals surface area contributed by atoms with Gasteiger partial charge in [0.25, 0.3) is 0 Å². The van der Waals surface area contributed by atoms with E-state index in [1.165, 1.54) is 0 Å². The molecule has 21 heavy (non-hydrogen) atoms. The highest BCUT2D eigenvalue weighted by Crippen LogP contribution is 2.38. The van der Waals surface area contributed by atoms with Crippen molar-refractivity contribution in [3.05, 3.63) is 58.1 Å². The Kier molecular flexibility index (Phi) is 3.55. The molecule has 0 spiro atoms. The SMILES string of the molecule is Cc1cccc(/C(C#N)=C/c2cc3c(cc2Cl)OCO3)c1. The fourth-order valence-electron chi connectivity index (χ4n) is 2.19. The molecule has 1 aliphatic heterocycles. The number of ether oxygens (including phenoxy) is 2. The molecule has 0 bridgehead atoms. The smallest absolute Gasteiger partial charge is 0.231 e. The van der Waals surface area contributed by atoms with Gasteiger partial charge < -0.3 is 9.47 Å². The van der Waals surface area contributed by atoms with Gasteiger partial charge in [-0.3, -0.25) is 0 Å². The monoisotopic (exact) mass is 297 g/mol. The van der Waals surface area contributed by atoms with Crippen molar-refractivity contribution in [3.8, 4) is 17.6 Å². The lowest BCUT2D eigenvalue weighted by atomic mass is 10.0. The van der Waals surface area contributed by atoms with Gasteiger partial charge in [-0.1, -0.05) is 41.4 Å². The van der Waals surface area contributed by atoms with Crippen LogP contribution >= 0.6 is 11.6 Å². The first kappa shape index (κ1) is 13.5. The van der Waals surface area contributed by atoms with Crippen LogP contribution in [0.3, 0.4) is 0 Å². The summed E-state index contributed by atoms with van der Waals surface area (Å²) in [6.45, 7) is 2.19. The number of hydrogen-bond acceptors (Lipinski definition) is 3. The van der Waals surface area contributed by atoms with Gasteiger partial charge in [-0.2, -0.15) is 5.26 Å². The van der Waals surface area contributed by atoms with Crippen molar-refractivity contribution < 1.29 is 9.47 Å². The van der Waals surface area contributed by atoms with Crippen molar-refractivity contribution in [2.75, 3.05) is 6.79 Å². The van der Waals surface area contributed by atoms with Crippen LogP contribution in [0.15, 0.2) is 36.4 Å². The number of allylic oxidation sites excluding steroid dienone is 1. The first-order valence-electron chi connectivity index (χ1n) is 6.45. The van der Waals surface area contributed by atoms with E-state index in [0.29, 0.717) is 22.1 Å². The number of rotatable bonds is 2. The predicted molar refractivity (Wildman–Crippen MR) is 82.2 cm³/mol. The molecule has 0 atom stereocenters. The molecule has 0 unspecified atom stereocenters. The van der Waals surface area contributed by atoms with E-state index in [0.717, 1.165) is 16.7 Å². The summed E-state index contributed by atoms with van der Waals surface area (Å²) >= 11 is 6.24. The van der Waals surface area contributed by atoms with E-state index in [1.807, 2.05) is 31.2 Å². The van der Waals surface area contributed by atoms with E-state index in [-0.39, 0.29) is 6.79 Å². The minimum absolute atomic E-state index is 0.196. The molecule has 0 N–H and O–H groups in total. The van der Waals surface area contributed by atoms with Gasteiger partial charge >= 0.3 is 0 Å². The molecular weight excluding hydrogens is 286 g/mol. The molecule has 0 aliphatic carbocycles. The molecule has 0 radical (unpaired) electrons. The second-order valence-corrected chi connectivity index (χ2v) is 5.17. The number of aryl methyl sites for hydroxylation is 1. The third-order valence-corrected chi connectivity index (χ3v) is 3.57. The maximum Gasteiger partial charge on any atom is 0.231 e. The van der Waals surface area contributed by atoms with Gasteiger partial charge in [0, 0.05) is 6.07 Å².